The van der Waals surface area contributed by atoms with E-state index in [0.29, 0.717) is 28.9 Å². The first kappa shape index (κ1) is 25.9. The molecule has 1 N–H and O–H groups in total. The smallest absolute Gasteiger partial charge is 0.406 e. The molecule has 190 valence electrons. The van der Waals surface area contributed by atoms with Gasteiger partial charge in [-0.25, -0.2) is 4.39 Å². The van der Waals surface area contributed by atoms with Gasteiger partial charge in [-0.05, 0) is 65.8 Å². The second-order valence-corrected chi connectivity index (χ2v) is 9.21. The number of nitrogens with one attached hydrogen (secondary N) is 1. The van der Waals surface area contributed by atoms with Gasteiger partial charge in [0.15, 0.2) is 0 Å². The Balaban J connectivity index is 1.59. The van der Waals surface area contributed by atoms with E-state index in [2.05, 4.69) is 4.74 Å². The highest BCUT2D eigenvalue weighted by atomic mass is 32.2. The van der Waals surface area contributed by atoms with Crippen LogP contribution in [0.4, 0.5) is 30.7 Å². The number of hydrogen-bond acceptors (Lipinski definition) is 3. The number of alkyl halides is 6. The Morgan fingerprint density at radius 1 is 0.972 bits per heavy atom. The predicted octanol–water partition coefficient (Wildman–Crippen LogP) is 7.13. The second-order valence-electron chi connectivity index (χ2n) is 8.12. The number of carbonyl (C=O) groups is 1. The van der Waals surface area contributed by atoms with Crippen molar-refractivity contribution in [2.75, 3.05) is 0 Å². The van der Waals surface area contributed by atoms with Crippen molar-refractivity contribution in [1.82, 2.24) is 5.32 Å². The van der Waals surface area contributed by atoms with E-state index in [0.717, 1.165) is 22.9 Å². The largest absolute Gasteiger partial charge is 0.573 e. The molecule has 0 saturated heterocycles. The third kappa shape index (κ3) is 6.31. The Morgan fingerprint density at radius 2 is 1.72 bits per heavy atom. The van der Waals surface area contributed by atoms with Crippen LogP contribution in [0, 0.1) is 5.82 Å². The van der Waals surface area contributed by atoms with Crippen LogP contribution in [-0.2, 0) is 17.6 Å². The van der Waals surface area contributed by atoms with E-state index in [1.807, 2.05) is 5.32 Å². The van der Waals surface area contributed by atoms with Gasteiger partial charge in [0.05, 0.1) is 6.04 Å². The third-order valence-electron chi connectivity index (χ3n) is 5.57. The quantitative estimate of drug-likeness (QED) is 0.345. The van der Waals surface area contributed by atoms with E-state index >= 15 is 0 Å². The molecule has 1 aliphatic carbocycles. The Bertz CT molecular complexity index is 1270. The summed E-state index contributed by atoms with van der Waals surface area (Å²) in [6, 6.07) is 14.1. The molecule has 0 radical (unpaired) electrons. The summed E-state index contributed by atoms with van der Waals surface area (Å²) < 4.78 is 94.3. The van der Waals surface area contributed by atoms with Crippen molar-refractivity contribution in [3.05, 3.63) is 88.7 Å². The Morgan fingerprint density at radius 3 is 2.42 bits per heavy atom. The number of carbonyl (C=O) groups excluding carboxylic acids is 1. The highest BCUT2D eigenvalue weighted by Gasteiger charge is 2.40. The van der Waals surface area contributed by atoms with E-state index in [-0.39, 0.29) is 11.3 Å². The van der Waals surface area contributed by atoms with Crippen molar-refractivity contribution < 1.29 is 40.3 Å². The number of hydrogen-bond donors (Lipinski definition) is 1. The van der Waals surface area contributed by atoms with Gasteiger partial charge in [0.2, 0.25) is 0 Å². The predicted molar refractivity (Wildman–Crippen MR) is 118 cm³/mol. The SMILES string of the molecule is O=C(NC1CCc2cc(Cc3ccc(OC(F)(F)F)cc3Sc3ccccc3F)ccc21)C(F)(F)F. The number of amides is 1. The van der Waals surface area contributed by atoms with Gasteiger partial charge in [-0.2, -0.15) is 13.2 Å². The van der Waals surface area contributed by atoms with Gasteiger partial charge >= 0.3 is 18.4 Å². The number of rotatable bonds is 6. The molecule has 11 heteroatoms. The van der Waals surface area contributed by atoms with Gasteiger partial charge in [-0.15, -0.1) is 13.2 Å². The summed E-state index contributed by atoms with van der Waals surface area (Å²) in [6.07, 6.45) is -8.81. The van der Waals surface area contributed by atoms with E-state index in [4.69, 9.17) is 0 Å². The molecule has 1 unspecified atom stereocenters. The summed E-state index contributed by atoms with van der Waals surface area (Å²) in [5, 5.41) is 2.00. The van der Waals surface area contributed by atoms with Crippen molar-refractivity contribution >= 4 is 17.7 Å². The van der Waals surface area contributed by atoms with Crippen LogP contribution in [-0.4, -0.2) is 18.4 Å². The first-order valence-corrected chi connectivity index (χ1v) is 11.5. The monoisotopic (exact) mass is 529 g/mol. The molecule has 0 aliphatic heterocycles. The molecule has 0 spiro atoms. The Kier molecular flexibility index (Phi) is 7.21. The first-order valence-electron chi connectivity index (χ1n) is 10.7. The molecular weight excluding hydrogens is 511 g/mol. The number of ether oxygens (including phenoxy) is 1. The average molecular weight is 529 g/mol. The molecule has 0 bridgehead atoms. The summed E-state index contributed by atoms with van der Waals surface area (Å²) in [6.45, 7) is 0. The maximum Gasteiger partial charge on any atom is 0.573 e. The first-order chi connectivity index (χ1) is 16.9. The normalized spacial score (nSPS) is 15.5. The van der Waals surface area contributed by atoms with E-state index in [1.54, 1.807) is 24.3 Å². The highest BCUT2D eigenvalue weighted by Crippen LogP contribution is 2.38. The lowest BCUT2D eigenvalue weighted by atomic mass is 9.99. The summed E-state index contributed by atoms with van der Waals surface area (Å²) >= 11 is 0.959. The summed E-state index contributed by atoms with van der Waals surface area (Å²) in [5.41, 5.74) is 2.74. The zero-order valence-corrected chi connectivity index (χ0v) is 19.2. The average Bonchev–Trinajstić information content (AvgIpc) is 3.17. The fourth-order valence-electron chi connectivity index (χ4n) is 4.01. The summed E-state index contributed by atoms with van der Waals surface area (Å²) in [7, 11) is 0. The van der Waals surface area contributed by atoms with Crippen LogP contribution in [0.5, 0.6) is 5.75 Å². The lowest BCUT2D eigenvalue weighted by molar-refractivity contribution is -0.274. The van der Waals surface area contributed by atoms with Crippen LogP contribution in [0.25, 0.3) is 0 Å². The molecular formula is C25H18F7NO2S. The minimum atomic E-state index is -4.98. The lowest BCUT2D eigenvalue weighted by Gasteiger charge is -2.16. The zero-order valence-electron chi connectivity index (χ0n) is 18.3. The van der Waals surface area contributed by atoms with Crippen molar-refractivity contribution in [3.8, 4) is 5.75 Å². The molecule has 3 aromatic rings. The fraction of sp³-hybridized carbons (Fsp3) is 0.240. The second kappa shape index (κ2) is 10.0. The standard InChI is InChI=1S/C25H18F7NO2S/c26-19-3-1-2-4-21(19)36-22-13-17(35-25(30,31)32)8-6-16(22)12-14-5-9-18-15(11-14)7-10-20(18)33-23(34)24(27,28)29/h1-6,8-9,11,13,20H,7,10,12H2,(H,33,34). The molecule has 1 atom stereocenters. The summed E-state index contributed by atoms with van der Waals surface area (Å²) in [4.78, 5) is 11.9. The third-order valence-corrected chi connectivity index (χ3v) is 6.72. The highest BCUT2D eigenvalue weighted by molar-refractivity contribution is 7.99. The van der Waals surface area contributed by atoms with Crippen LogP contribution in [0.2, 0.25) is 0 Å². The van der Waals surface area contributed by atoms with Gasteiger partial charge < -0.3 is 10.1 Å². The van der Waals surface area contributed by atoms with Crippen LogP contribution in [0.1, 0.15) is 34.7 Å². The van der Waals surface area contributed by atoms with Gasteiger partial charge in [-0.1, -0.05) is 48.2 Å². The fourth-order valence-corrected chi connectivity index (χ4v) is 5.01. The van der Waals surface area contributed by atoms with Crippen LogP contribution in [0.3, 0.4) is 0 Å². The number of aryl methyl sites for hydroxylation is 1. The molecule has 3 nitrogen and oxygen atoms in total. The lowest BCUT2D eigenvalue weighted by Crippen LogP contribution is -2.38. The van der Waals surface area contributed by atoms with Gasteiger partial charge in [0, 0.05) is 9.79 Å². The Labute approximate surface area is 205 Å². The zero-order chi connectivity index (χ0) is 26.1. The molecule has 1 aliphatic rings. The minimum absolute atomic E-state index is 0.222. The van der Waals surface area contributed by atoms with Crippen LogP contribution < -0.4 is 10.1 Å². The van der Waals surface area contributed by atoms with E-state index < -0.39 is 36.1 Å². The topological polar surface area (TPSA) is 38.3 Å². The van der Waals surface area contributed by atoms with E-state index in [1.165, 1.54) is 36.4 Å². The molecule has 3 aromatic carbocycles. The number of halogens is 7. The van der Waals surface area contributed by atoms with Crippen molar-refractivity contribution in [1.29, 1.82) is 0 Å². The van der Waals surface area contributed by atoms with Gasteiger partial charge in [0.25, 0.3) is 0 Å². The van der Waals surface area contributed by atoms with Crippen molar-refractivity contribution in [2.45, 2.75) is 47.6 Å². The number of fused-ring (bicyclic) bond motifs is 1. The molecule has 36 heavy (non-hydrogen) atoms. The van der Waals surface area contributed by atoms with Gasteiger partial charge in [-0.3, -0.25) is 4.79 Å². The molecule has 0 heterocycles. The molecule has 0 fully saturated rings. The van der Waals surface area contributed by atoms with Crippen LogP contribution >= 0.6 is 11.8 Å². The maximum atomic E-state index is 14.2. The Hall–Kier alpha value is -3.21. The molecule has 4 rings (SSSR count). The minimum Gasteiger partial charge on any atom is -0.406 e. The van der Waals surface area contributed by atoms with Crippen LogP contribution in [0.15, 0.2) is 70.5 Å². The summed E-state index contributed by atoms with van der Waals surface area (Å²) in [5.74, 6) is -2.97. The van der Waals surface area contributed by atoms with E-state index in [9.17, 15) is 35.5 Å². The molecule has 1 amide bonds. The van der Waals surface area contributed by atoms with Gasteiger partial charge in [0.1, 0.15) is 11.6 Å². The maximum absolute atomic E-state index is 14.2. The molecule has 0 aromatic heterocycles. The number of benzene rings is 3. The molecule has 0 saturated carbocycles. The van der Waals surface area contributed by atoms with Crippen molar-refractivity contribution in [2.24, 2.45) is 0 Å². The van der Waals surface area contributed by atoms with Crippen molar-refractivity contribution in [3.63, 3.8) is 0 Å².